The predicted molar refractivity (Wildman–Crippen MR) is 84.9 cm³/mol. The molecule has 0 saturated carbocycles. The van der Waals surface area contributed by atoms with E-state index in [2.05, 4.69) is 34.1 Å². The van der Waals surface area contributed by atoms with Gasteiger partial charge in [0.1, 0.15) is 6.29 Å². The first-order chi connectivity index (χ1) is 10.3. The molecule has 21 heavy (non-hydrogen) atoms. The smallest absolute Gasteiger partial charge is 0.150 e. The number of fused-ring (bicyclic) bond motifs is 3. The Morgan fingerprint density at radius 3 is 2.76 bits per heavy atom. The number of aromatic amines is 1. The number of H-pyrrole nitrogens is 1. The fourth-order valence-electron chi connectivity index (χ4n) is 3.16. The number of aldehydes is 1. The number of anilines is 1. The Hall–Kier alpha value is -2.55. The molecule has 0 saturated heterocycles. The van der Waals surface area contributed by atoms with Crippen LogP contribution in [0.5, 0.6) is 0 Å². The fourth-order valence-corrected chi connectivity index (χ4v) is 3.16. The lowest BCUT2D eigenvalue weighted by atomic mass is 10.0. The first-order valence-corrected chi connectivity index (χ1v) is 7.24. The van der Waals surface area contributed by atoms with Crippen LogP contribution in [0.4, 0.5) is 5.69 Å². The average molecular weight is 276 g/mol. The lowest BCUT2D eigenvalue weighted by molar-refractivity contribution is 0.112. The molecule has 0 amide bonds. The molecule has 1 aliphatic heterocycles. The molecule has 0 fully saturated rings. The molecular weight excluding hydrogens is 260 g/mol. The highest BCUT2D eigenvalue weighted by molar-refractivity contribution is 5.90. The zero-order chi connectivity index (χ0) is 14.2. The standard InChI is InChI=1S/C18H16N2O/c21-12-13-6-7-17-15(10-13)16-11-20(9-8-18(16)19-17)14-4-2-1-3-5-14/h1-7,10,12,19H,8-9,11H2. The molecule has 4 rings (SSSR count). The highest BCUT2D eigenvalue weighted by atomic mass is 16.1. The summed E-state index contributed by atoms with van der Waals surface area (Å²) in [4.78, 5) is 16.9. The van der Waals surface area contributed by atoms with E-state index in [1.807, 2.05) is 24.3 Å². The van der Waals surface area contributed by atoms with E-state index in [0.29, 0.717) is 0 Å². The van der Waals surface area contributed by atoms with Gasteiger partial charge in [-0.3, -0.25) is 4.79 Å². The molecule has 0 unspecified atom stereocenters. The van der Waals surface area contributed by atoms with Crippen LogP contribution in [0.3, 0.4) is 0 Å². The Labute approximate surface area is 123 Å². The van der Waals surface area contributed by atoms with E-state index in [-0.39, 0.29) is 0 Å². The van der Waals surface area contributed by atoms with Crippen molar-refractivity contribution in [2.75, 3.05) is 11.4 Å². The summed E-state index contributed by atoms with van der Waals surface area (Å²) in [5, 5.41) is 1.18. The van der Waals surface area contributed by atoms with E-state index >= 15 is 0 Å². The number of rotatable bonds is 2. The van der Waals surface area contributed by atoms with Crippen LogP contribution in [0.15, 0.2) is 48.5 Å². The van der Waals surface area contributed by atoms with E-state index in [4.69, 9.17) is 0 Å². The highest BCUT2D eigenvalue weighted by Gasteiger charge is 2.20. The minimum atomic E-state index is 0.737. The minimum Gasteiger partial charge on any atom is -0.367 e. The Morgan fingerprint density at radius 1 is 1.10 bits per heavy atom. The van der Waals surface area contributed by atoms with Crippen molar-refractivity contribution >= 4 is 22.9 Å². The first-order valence-electron chi connectivity index (χ1n) is 7.24. The molecule has 0 bridgehead atoms. The summed E-state index contributed by atoms with van der Waals surface area (Å²) in [6, 6.07) is 16.4. The van der Waals surface area contributed by atoms with Gasteiger partial charge in [0.25, 0.3) is 0 Å². The van der Waals surface area contributed by atoms with Crippen LogP contribution in [-0.2, 0) is 13.0 Å². The molecule has 3 aromatic rings. The molecule has 104 valence electrons. The zero-order valence-electron chi connectivity index (χ0n) is 11.7. The second-order valence-corrected chi connectivity index (χ2v) is 5.51. The van der Waals surface area contributed by atoms with Gasteiger partial charge in [-0.1, -0.05) is 18.2 Å². The molecule has 1 aliphatic rings. The molecule has 1 aromatic heterocycles. The van der Waals surface area contributed by atoms with Crippen molar-refractivity contribution in [2.24, 2.45) is 0 Å². The van der Waals surface area contributed by atoms with Crippen LogP contribution in [0.2, 0.25) is 0 Å². The number of hydrogen-bond donors (Lipinski definition) is 1. The Balaban J connectivity index is 1.78. The van der Waals surface area contributed by atoms with Gasteiger partial charge in [-0.15, -0.1) is 0 Å². The first kappa shape index (κ1) is 12.2. The quantitative estimate of drug-likeness (QED) is 0.727. The number of carbonyl (C=O) groups excluding carboxylic acids is 1. The Bertz CT molecular complexity index is 805. The van der Waals surface area contributed by atoms with E-state index in [1.54, 1.807) is 0 Å². The molecule has 2 heterocycles. The van der Waals surface area contributed by atoms with E-state index in [1.165, 1.54) is 22.3 Å². The van der Waals surface area contributed by atoms with E-state index in [0.717, 1.165) is 36.9 Å². The molecule has 3 heteroatoms. The van der Waals surface area contributed by atoms with Crippen LogP contribution >= 0.6 is 0 Å². The number of nitrogens with one attached hydrogen (secondary N) is 1. The number of para-hydroxylation sites is 1. The Kier molecular flexibility index (Phi) is 2.78. The van der Waals surface area contributed by atoms with Gasteiger partial charge in [0.05, 0.1) is 0 Å². The van der Waals surface area contributed by atoms with Crippen molar-refractivity contribution < 1.29 is 4.79 Å². The maximum Gasteiger partial charge on any atom is 0.150 e. The van der Waals surface area contributed by atoms with Crippen molar-refractivity contribution in [1.29, 1.82) is 0 Å². The van der Waals surface area contributed by atoms with Gasteiger partial charge in [-0.05, 0) is 30.3 Å². The third kappa shape index (κ3) is 2.02. The summed E-state index contributed by atoms with van der Waals surface area (Å²) < 4.78 is 0. The van der Waals surface area contributed by atoms with Crippen molar-refractivity contribution in [3.63, 3.8) is 0 Å². The minimum absolute atomic E-state index is 0.737. The third-order valence-corrected chi connectivity index (χ3v) is 4.26. The molecule has 2 aromatic carbocycles. The summed E-state index contributed by atoms with van der Waals surface area (Å²) in [7, 11) is 0. The van der Waals surface area contributed by atoms with Gasteiger partial charge >= 0.3 is 0 Å². The number of benzene rings is 2. The maximum absolute atomic E-state index is 11.0. The summed E-state index contributed by atoms with van der Waals surface area (Å²) in [5.41, 5.74) is 5.75. The van der Waals surface area contributed by atoms with Gasteiger partial charge in [0.15, 0.2) is 0 Å². The van der Waals surface area contributed by atoms with Crippen LogP contribution < -0.4 is 4.90 Å². The third-order valence-electron chi connectivity index (χ3n) is 4.26. The lowest BCUT2D eigenvalue weighted by Crippen LogP contribution is -2.29. The number of aromatic nitrogens is 1. The summed E-state index contributed by atoms with van der Waals surface area (Å²) in [6.45, 7) is 1.91. The van der Waals surface area contributed by atoms with Crippen LogP contribution in [0.1, 0.15) is 21.6 Å². The van der Waals surface area contributed by atoms with Crippen molar-refractivity contribution in [2.45, 2.75) is 13.0 Å². The van der Waals surface area contributed by atoms with Gasteiger partial charge in [0, 0.05) is 52.9 Å². The fraction of sp³-hybridized carbons (Fsp3) is 0.167. The van der Waals surface area contributed by atoms with Crippen LogP contribution in [0, 0.1) is 0 Å². The largest absolute Gasteiger partial charge is 0.367 e. The monoisotopic (exact) mass is 276 g/mol. The number of carbonyl (C=O) groups is 1. The lowest BCUT2D eigenvalue weighted by Gasteiger charge is -2.29. The highest BCUT2D eigenvalue weighted by Crippen LogP contribution is 2.30. The van der Waals surface area contributed by atoms with Gasteiger partial charge in [-0.25, -0.2) is 0 Å². The molecule has 0 aliphatic carbocycles. The van der Waals surface area contributed by atoms with Crippen molar-refractivity contribution in [1.82, 2.24) is 4.98 Å². The van der Waals surface area contributed by atoms with Crippen LogP contribution in [-0.4, -0.2) is 17.8 Å². The van der Waals surface area contributed by atoms with Crippen LogP contribution in [0.25, 0.3) is 10.9 Å². The molecule has 0 spiro atoms. The number of nitrogens with zero attached hydrogens (tertiary/aromatic N) is 1. The topological polar surface area (TPSA) is 36.1 Å². The molecule has 3 nitrogen and oxygen atoms in total. The molecule has 0 radical (unpaired) electrons. The molecular formula is C18H16N2O. The average Bonchev–Trinajstić information content (AvgIpc) is 2.92. The molecule has 1 N–H and O–H groups in total. The number of hydrogen-bond acceptors (Lipinski definition) is 2. The normalized spacial score (nSPS) is 14.2. The summed E-state index contributed by atoms with van der Waals surface area (Å²) in [5.74, 6) is 0. The predicted octanol–water partition coefficient (Wildman–Crippen LogP) is 3.54. The van der Waals surface area contributed by atoms with Crippen molar-refractivity contribution in [3.8, 4) is 0 Å². The summed E-state index contributed by atoms with van der Waals surface area (Å²) in [6.07, 6.45) is 1.92. The summed E-state index contributed by atoms with van der Waals surface area (Å²) >= 11 is 0. The second-order valence-electron chi connectivity index (χ2n) is 5.51. The second kappa shape index (κ2) is 4.77. The van der Waals surface area contributed by atoms with E-state index < -0.39 is 0 Å². The molecule has 0 atom stereocenters. The Morgan fingerprint density at radius 2 is 1.95 bits per heavy atom. The maximum atomic E-state index is 11.0. The SMILES string of the molecule is O=Cc1ccc2[nH]c3c(c2c1)CN(c1ccccc1)CC3. The van der Waals surface area contributed by atoms with Crippen molar-refractivity contribution in [3.05, 3.63) is 65.4 Å². The van der Waals surface area contributed by atoms with Gasteiger partial charge < -0.3 is 9.88 Å². The zero-order valence-corrected chi connectivity index (χ0v) is 11.7. The van der Waals surface area contributed by atoms with E-state index in [9.17, 15) is 4.79 Å². The van der Waals surface area contributed by atoms with Gasteiger partial charge in [-0.2, -0.15) is 0 Å². The van der Waals surface area contributed by atoms with Gasteiger partial charge in [0.2, 0.25) is 0 Å².